The lowest BCUT2D eigenvalue weighted by molar-refractivity contribution is -0.133. The van der Waals surface area contributed by atoms with Crippen molar-refractivity contribution in [2.24, 2.45) is 0 Å². The van der Waals surface area contributed by atoms with E-state index in [-0.39, 0.29) is 16.8 Å². The van der Waals surface area contributed by atoms with Gasteiger partial charge < -0.3 is 19.5 Å². The first-order chi connectivity index (χ1) is 9.63. The molecule has 1 aliphatic heterocycles. The largest absolute Gasteiger partial charge is 0.497 e. The Morgan fingerprint density at radius 3 is 2.29 bits per heavy atom. The van der Waals surface area contributed by atoms with Gasteiger partial charge in [-0.05, 0) is 39.8 Å². The van der Waals surface area contributed by atoms with Crippen molar-refractivity contribution in [2.45, 2.75) is 38.9 Å². The van der Waals surface area contributed by atoms with Crippen LogP contribution in [0, 0.1) is 0 Å². The van der Waals surface area contributed by atoms with Gasteiger partial charge in [-0.2, -0.15) is 0 Å². The number of morpholine rings is 1. The second-order valence-electron chi connectivity index (χ2n) is 6.67. The zero-order valence-electron chi connectivity index (χ0n) is 13.3. The Labute approximate surface area is 125 Å². The lowest BCUT2D eigenvalue weighted by Crippen LogP contribution is -2.57. The molecule has 0 aliphatic carbocycles. The molecule has 0 saturated carbocycles. The Balaban J connectivity index is 2.46. The Morgan fingerprint density at radius 1 is 1.24 bits per heavy atom. The molecule has 1 aromatic rings. The SMILES string of the molecule is COc1ccc(C(=O)O)c(N2CC(C)(C)OC(C)(C)C2)c1. The quantitative estimate of drug-likeness (QED) is 0.928. The molecule has 5 nitrogen and oxygen atoms in total. The predicted octanol–water partition coefficient (Wildman–Crippen LogP) is 2.79. The molecule has 1 aromatic carbocycles. The molecule has 1 fully saturated rings. The van der Waals surface area contributed by atoms with E-state index in [1.54, 1.807) is 25.3 Å². The Bertz CT molecular complexity index is 535. The monoisotopic (exact) mass is 293 g/mol. The first kappa shape index (κ1) is 15.6. The summed E-state index contributed by atoms with van der Waals surface area (Å²) in [5.74, 6) is -0.285. The van der Waals surface area contributed by atoms with Crippen molar-refractivity contribution in [1.82, 2.24) is 0 Å². The highest BCUT2D eigenvalue weighted by Crippen LogP contribution is 2.34. The van der Waals surface area contributed by atoms with E-state index in [0.717, 1.165) is 0 Å². The van der Waals surface area contributed by atoms with Gasteiger partial charge in [-0.15, -0.1) is 0 Å². The van der Waals surface area contributed by atoms with Crippen LogP contribution in [-0.2, 0) is 4.74 Å². The minimum absolute atomic E-state index is 0.282. The van der Waals surface area contributed by atoms with Crippen LogP contribution in [0.3, 0.4) is 0 Å². The van der Waals surface area contributed by atoms with E-state index < -0.39 is 5.97 Å². The average molecular weight is 293 g/mol. The molecule has 1 N–H and O–H groups in total. The highest BCUT2D eigenvalue weighted by Gasteiger charge is 2.39. The summed E-state index contributed by atoms with van der Waals surface area (Å²) in [6.07, 6.45) is 0. The van der Waals surface area contributed by atoms with E-state index in [0.29, 0.717) is 24.5 Å². The fourth-order valence-electron chi connectivity index (χ4n) is 3.04. The molecule has 1 aliphatic rings. The van der Waals surface area contributed by atoms with E-state index in [9.17, 15) is 9.90 Å². The van der Waals surface area contributed by atoms with Gasteiger partial charge in [0.2, 0.25) is 0 Å². The maximum atomic E-state index is 11.5. The van der Waals surface area contributed by atoms with Crippen LogP contribution in [0.15, 0.2) is 18.2 Å². The fraction of sp³-hybridized carbons (Fsp3) is 0.562. The normalized spacial score (nSPS) is 20.1. The number of methoxy groups -OCH3 is 1. The number of carbonyl (C=O) groups is 1. The zero-order chi connectivity index (χ0) is 15.8. The van der Waals surface area contributed by atoms with Crippen LogP contribution in [0.5, 0.6) is 5.75 Å². The van der Waals surface area contributed by atoms with Crippen molar-refractivity contribution in [3.05, 3.63) is 23.8 Å². The standard InChI is InChI=1S/C16H23NO4/c1-15(2)9-17(10-16(3,4)21-15)13-8-11(20-5)6-7-12(13)14(18)19/h6-8H,9-10H2,1-5H3,(H,18,19). The fourth-order valence-corrected chi connectivity index (χ4v) is 3.04. The molecule has 116 valence electrons. The summed E-state index contributed by atoms with van der Waals surface area (Å²) in [4.78, 5) is 13.6. The summed E-state index contributed by atoms with van der Waals surface area (Å²) in [6.45, 7) is 9.32. The van der Waals surface area contributed by atoms with Gasteiger partial charge in [0.05, 0.1) is 29.6 Å². The van der Waals surface area contributed by atoms with Gasteiger partial charge in [-0.25, -0.2) is 4.79 Å². The van der Waals surface area contributed by atoms with Gasteiger partial charge >= 0.3 is 5.97 Å². The molecule has 0 atom stereocenters. The molecule has 0 amide bonds. The molecule has 1 saturated heterocycles. The molecular weight excluding hydrogens is 270 g/mol. The number of aromatic carboxylic acids is 1. The number of hydrogen-bond donors (Lipinski definition) is 1. The van der Waals surface area contributed by atoms with Crippen LogP contribution >= 0.6 is 0 Å². The number of nitrogens with zero attached hydrogens (tertiary/aromatic N) is 1. The van der Waals surface area contributed by atoms with Crippen molar-refractivity contribution in [1.29, 1.82) is 0 Å². The smallest absolute Gasteiger partial charge is 0.337 e. The molecule has 0 radical (unpaired) electrons. The third kappa shape index (κ3) is 3.47. The predicted molar refractivity (Wildman–Crippen MR) is 81.4 cm³/mol. The van der Waals surface area contributed by atoms with Gasteiger partial charge in [0, 0.05) is 19.2 Å². The summed E-state index contributed by atoms with van der Waals surface area (Å²) in [7, 11) is 1.58. The molecule has 2 rings (SSSR count). The van der Waals surface area contributed by atoms with Crippen LogP contribution < -0.4 is 9.64 Å². The maximum Gasteiger partial charge on any atom is 0.337 e. The number of carboxylic acids is 1. The summed E-state index contributed by atoms with van der Waals surface area (Å²) in [5, 5.41) is 9.42. The maximum absolute atomic E-state index is 11.5. The second-order valence-corrected chi connectivity index (χ2v) is 6.67. The summed E-state index contributed by atoms with van der Waals surface area (Å²) < 4.78 is 11.3. The van der Waals surface area contributed by atoms with E-state index in [2.05, 4.69) is 4.90 Å². The molecule has 5 heteroatoms. The van der Waals surface area contributed by atoms with Crippen LogP contribution in [-0.4, -0.2) is 42.5 Å². The van der Waals surface area contributed by atoms with Gasteiger partial charge in [0.25, 0.3) is 0 Å². The van der Waals surface area contributed by atoms with E-state index >= 15 is 0 Å². The van der Waals surface area contributed by atoms with E-state index in [4.69, 9.17) is 9.47 Å². The van der Waals surface area contributed by atoms with E-state index in [1.165, 1.54) is 0 Å². The molecule has 0 bridgehead atoms. The van der Waals surface area contributed by atoms with Crippen molar-refractivity contribution in [2.75, 3.05) is 25.1 Å². The molecule has 0 spiro atoms. The number of anilines is 1. The highest BCUT2D eigenvalue weighted by atomic mass is 16.5. The number of hydrogen-bond acceptors (Lipinski definition) is 4. The van der Waals surface area contributed by atoms with Crippen molar-refractivity contribution in [3.8, 4) is 5.75 Å². The first-order valence-corrected chi connectivity index (χ1v) is 7.00. The lowest BCUT2D eigenvalue weighted by atomic mass is 9.97. The third-order valence-corrected chi connectivity index (χ3v) is 3.47. The second kappa shape index (κ2) is 5.22. The molecule has 1 heterocycles. The molecule has 21 heavy (non-hydrogen) atoms. The molecule has 0 aromatic heterocycles. The van der Waals surface area contributed by atoms with Crippen LogP contribution in [0.1, 0.15) is 38.1 Å². The van der Waals surface area contributed by atoms with Crippen molar-refractivity contribution in [3.63, 3.8) is 0 Å². The van der Waals surface area contributed by atoms with Crippen LogP contribution in [0.2, 0.25) is 0 Å². The van der Waals surface area contributed by atoms with Crippen LogP contribution in [0.25, 0.3) is 0 Å². The van der Waals surface area contributed by atoms with Gasteiger partial charge in [-0.1, -0.05) is 0 Å². The summed E-state index contributed by atoms with van der Waals surface area (Å²) in [5.41, 5.74) is 0.261. The first-order valence-electron chi connectivity index (χ1n) is 7.00. The summed E-state index contributed by atoms with van der Waals surface area (Å²) >= 11 is 0. The lowest BCUT2D eigenvalue weighted by Gasteiger charge is -2.48. The third-order valence-electron chi connectivity index (χ3n) is 3.47. The Morgan fingerprint density at radius 2 is 1.81 bits per heavy atom. The number of rotatable bonds is 3. The topological polar surface area (TPSA) is 59.0 Å². The number of benzene rings is 1. The van der Waals surface area contributed by atoms with Gasteiger partial charge in [0.15, 0.2) is 0 Å². The van der Waals surface area contributed by atoms with Gasteiger partial charge in [0.1, 0.15) is 5.75 Å². The Hall–Kier alpha value is -1.75. The van der Waals surface area contributed by atoms with E-state index in [1.807, 2.05) is 27.7 Å². The Kier molecular flexibility index (Phi) is 3.89. The average Bonchev–Trinajstić information content (AvgIpc) is 2.34. The molecule has 0 unspecified atom stereocenters. The van der Waals surface area contributed by atoms with Crippen molar-refractivity contribution >= 4 is 11.7 Å². The number of carboxylic acid groups (broad SMARTS) is 1. The summed E-state index contributed by atoms with van der Waals surface area (Å²) in [6, 6.07) is 5.04. The molecular formula is C16H23NO4. The minimum atomic E-state index is -0.935. The zero-order valence-corrected chi connectivity index (χ0v) is 13.3. The minimum Gasteiger partial charge on any atom is -0.497 e. The van der Waals surface area contributed by atoms with Crippen molar-refractivity contribution < 1.29 is 19.4 Å². The number of ether oxygens (including phenoxy) is 2. The van der Waals surface area contributed by atoms with Crippen LogP contribution in [0.4, 0.5) is 5.69 Å². The highest BCUT2D eigenvalue weighted by molar-refractivity contribution is 5.95. The van der Waals surface area contributed by atoms with Gasteiger partial charge in [-0.3, -0.25) is 0 Å².